The molecule has 0 heterocycles. The molecule has 5 N–H and O–H groups in total. The fraction of sp³-hybridized carbons (Fsp3) is 0.677. The van der Waals surface area contributed by atoms with Crippen LogP contribution in [0.15, 0.2) is 30.3 Å². The third kappa shape index (κ3) is 14.9. The number of hydrogen-bond donors (Lipinski definition) is 5. The lowest BCUT2D eigenvalue weighted by Gasteiger charge is -2.29. The van der Waals surface area contributed by atoms with Gasteiger partial charge in [0.15, 0.2) is 0 Å². The summed E-state index contributed by atoms with van der Waals surface area (Å²) in [6.45, 7) is 5.62. The molecular formula is C31H49N3O7. The van der Waals surface area contributed by atoms with Crippen molar-refractivity contribution in [3.63, 3.8) is 0 Å². The lowest BCUT2D eigenvalue weighted by atomic mass is 9.84. The van der Waals surface area contributed by atoms with E-state index in [1.54, 1.807) is 20.8 Å². The van der Waals surface area contributed by atoms with Crippen LogP contribution in [0.3, 0.4) is 0 Å². The molecule has 1 aliphatic rings. The molecule has 1 saturated carbocycles. The molecular weight excluding hydrogens is 526 g/mol. The third-order valence-electron chi connectivity index (χ3n) is 7.25. The van der Waals surface area contributed by atoms with Crippen molar-refractivity contribution in [3.8, 4) is 0 Å². The van der Waals surface area contributed by atoms with E-state index in [1.165, 1.54) is 19.3 Å². The molecule has 3 atom stereocenters. The molecule has 1 aromatic carbocycles. The summed E-state index contributed by atoms with van der Waals surface area (Å²) in [5, 5.41) is 28.2. The first-order valence-electron chi connectivity index (χ1n) is 14.9. The van der Waals surface area contributed by atoms with Crippen LogP contribution in [0.4, 0.5) is 4.79 Å². The van der Waals surface area contributed by atoms with Crippen LogP contribution in [0.5, 0.6) is 0 Å². The summed E-state index contributed by atoms with van der Waals surface area (Å²) in [4.78, 5) is 49.4. The lowest BCUT2D eigenvalue weighted by Crippen LogP contribution is -2.50. The largest absolute Gasteiger partial charge is 0.481 e. The number of aliphatic hydroxyl groups excluding tert-OH is 1. The zero-order valence-electron chi connectivity index (χ0n) is 24.8. The number of ether oxygens (including phenoxy) is 1. The molecule has 10 nitrogen and oxygen atoms in total. The highest BCUT2D eigenvalue weighted by Crippen LogP contribution is 2.28. The maximum Gasteiger partial charge on any atom is 0.407 e. The minimum Gasteiger partial charge on any atom is -0.481 e. The van der Waals surface area contributed by atoms with Gasteiger partial charge in [-0.2, -0.15) is 0 Å². The summed E-state index contributed by atoms with van der Waals surface area (Å²) < 4.78 is 5.37. The summed E-state index contributed by atoms with van der Waals surface area (Å²) in [6, 6.07) is 8.08. The maximum absolute atomic E-state index is 12.9. The molecule has 0 aromatic heterocycles. The Morgan fingerprint density at radius 1 is 1.00 bits per heavy atom. The first-order valence-corrected chi connectivity index (χ1v) is 14.9. The topological polar surface area (TPSA) is 154 Å². The van der Waals surface area contributed by atoms with Crippen molar-refractivity contribution in [2.45, 2.75) is 122 Å². The number of amides is 3. The van der Waals surface area contributed by atoms with E-state index in [-0.39, 0.29) is 19.3 Å². The SMILES string of the molecule is CC(C)(C)OC(=O)N[C@@H](CCC1CCCCC1)[C@@H](O)CC(=O)N[C@@H](CCC(=O)O)C(=O)NCCCc1ccccc1. The molecule has 1 aromatic rings. The number of aliphatic hydroxyl groups is 1. The number of nitrogens with one attached hydrogen (secondary N) is 3. The van der Waals surface area contributed by atoms with Crippen molar-refractivity contribution < 1.29 is 34.1 Å². The van der Waals surface area contributed by atoms with Crippen molar-refractivity contribution >= 4 is 23.9 Å². The van der Waals surface area contributed by atoms with Crippen LogP contribution >= 0.6 is 0 Å². The number of carbonyl (C=O) groups is 4. The molecule has 1 aliphatic carbocycles. The van der Waals surface area contributed by atoms with Gasteiger partial charge in [0.05, 0.1) is 18.6 Å². The van der Waals surface area contributed by atoms with Crippen LogP contribution < -0.4 is 16.0 Å². The Bertz CT molecular complexity index is 958. The van der Waals surface area contributed by atoms with Gasteiger partial charge in [-0.3, -0.25) is 14.4 Å². The van der Waals surface area contributed by atoms with Crippen molar-refractivity contribution in [1.82, 2.24) is 16.0 Å². The van der Waals surface area contributed by atoms with Crippen LogP contribution in [0.1, 0.15) is 97.0 Å². The van der Waals surface area contributed by atoms with Gasteiger partial charge >= 0.3 is 12.1 Å². The van der Waals surface area contributed by atoms with Crippen LogP contribution in [0.25, 0.3) is 0 Å². The Hall–Kier alpha value is -3.14. The first kappa shape index (κ1) is 34.1. The monoisotopic (exact) mass is 575 g/mol. The fourth-order valence-electron chi connectivity index (χ4n) is 5.10. The van der Waals surface area contributed by atoms with E-state index in [2.05, 4.69) is 16.0 Å². The summed E-state index contributed by atoms with van der Waals surface area (Å²) in [5.74, 6) is -1.63. The van der Waals surface area contributed by atoms with Crippen molar-refractivity contribution in [2.24, 2.45) is 5.92 Å². The highest BCUT2D eigenvalue weighted by Gasteiger charge is 2.29. The maximum atomic E-state index is 12.9. The predicted molar refractivity (Wildman–Crippen MR) is 156 cm³/mol. The van der Waals surface area contributed by atoms with Crippen LogP contribution in [0.2, 0.25) is 0 Å². The van der Waals surface area contributed by atoms with Gasteiger partial charge in [0, 0.05) is 13.0 Å². The van der Waals surface area contributed by atoms with E-state index in [4.69, 9.17) is 9.84 Å². The minimum absolute atomic E-state index is 0.0804. The highest BCUT2D eigenvalue weighted by atomic mass is 16.6. The molecule has 0 saturated heterocycles. The molecule has 10 heteroatoms. The number of carboxylic acids is 1. The first-order chi connectivity index (χ1) is 19.4. The molecule has 3 amide bonds. The van der Waals surface area contributed by atoms with Gasteiger partial charge < -0.3 is 30.9 Å². The molecule has 2 rings (SSSR count). The van der Waals surface area contributed by atoms with E-state index in [0.717, 1.165) is 31.2 Å². The van der Waals surface area contributed by atoms with Gasteiger partial charge in [0.1, 0.15) is 11.6 Å². The standard InChI is InChI=1S/C31H49N3O7/c1-31(2,3)41-30(40)34-24(17-16-23-13-8-5-9-14-23)26(35)21-27(36)33-25(18-19-28(37)38)29(39)32-20-10-15-22-11-6-4-7-12-22/h4,6-7,11-12,23-26,35H,5,8-10,13-21H2,1-3H3,(H,32,39)(H,33,36)(H,34,40)(H,37,38)/t24-,25-,26-/m0/s1. The summed E-state index contributed by atoms with van der Waals surface area (Å²) in [7, 11) is 0. The second-order valence-corrected chi connectivity index (χ2v) is 12.0. The molecule has 230 valence electrons. The number of aliphatic carboxylic acids is 1. The van der Waals surface area contributed by atoms with Crippen molar-refractivity contribution in [1.29, 1.82) is 0 Å². The average Bonchev–Trinajstić information content (AvgIpc) is 2.91. The molecule has 1 fully saturated rings. The Morgan fingerprint density at radius 3 is 2.32 bits per heavy atom. The molecule has 0 aliphatic heterocycles. The number of hydrogen-bond acceptors (Lipinski definition) is 6. The Balaban J connectivity index is 1.95. The van der Waals surface area contributed by atoms with Crippen LogP contribution in [-0.4, -0.2) is 64.4 Å². The van der Waals surface area contributed by atoms with E-state index in [0.29, 0.717) is 25.3 Å². The number of rotatable bonds is 16. The lowest BCUT2D eigenvalue weighted by molar-refractivity contribution is -0.138. The van der Waals surface area contributed by atoms with Gasteiger partial charge in [0.2, 0.25) is 11.8 Å². The Labute approximate surface area is 244 Å². The highest BCUT2D eigenvalue weighted by molar-refractivity contribution is 5.88. The van der Waals surface area contributed by atoms with E-state index in [9.17, 15) is 24.3 Å². The predicted octanol–water partition coefficient (Wildman–Crippen LogP) is 4.09. The zero-order valence-corrected chi connectivity index (χ0v) is 24.8. The van der Waals surface area contributed by atoms with E-state index in [1.807, 2.05) is 30.3 Å². The molecule has 0 radical (unpaired) electrons. The van der Waals surface area contributed by atoms with Crippen LogP contribution in [-0.2, 0) is 25.5 Å². The van der Waals surface area contributed by atoms with Crippen molar-refractivity contribution in [2.75, 3.05) is 6.54 Å². The Kier molecular flexibility index (Phi) is 14.6. The number of carbonyl (C=O) groups excluding carboxylic acids is 3. The second-order valence-electron chi connectivity index (χ2n) is 12.0. The fourth-order valence-corrected chi connectivity index (χ4v) is 5.10. The molecule has 41 heavy (non-hydrogen) atoms. The summed E-state index contributed by atoms with van der Waals surface area (Å²) in [5.41, 5.74) is 0.427. The van der Waals surface area contributed by atoms with Gasteiger partial charge in [-0.1, -0.05) is 62.4 Å². The molecule has 0 unspecified atom stereocenters. The van der Waals surface area contributed by atoms with Gasteiger partial charge in [0.25, 0.3) is 0 Å². The number of aryl methyl sites for hydroxylation is 1. The average molecular weight is 576 g/mol. The van der Waals surface area contributed by atoms with Gasteiger partial charge in [-0.05, 0) is 64.4 Å². The number of carboxylic acid groups (broad SMARTS) is 1. The summed E-state index contributed by atoms with van der Waals surface area (Å²) in [6.07, 6.45) is 5.95. The van der Waals surface area contributed by atoms with E-state index >= 15 is 0 Å². The third-order valence-corrected chi connectivity index (χ3v) is 7.25. The van der Waals surface area contributed by atoms with Crippen LogP contribution in [0, 0.1) is 5.92 Å². The number of alkyl carbamates (subject to hydrolysis) is 1. The smallest absolute Gasteiger partial charge is 0.407 e. The normalized spacial score (nSPS) is 16.2. The summed E-state index contributed by atoms with van der Waals surface area (Å²) >= 11 is 0. The number of benzene rings is 1. The van der Waals surface area contributed by atoms with Gasteiger partial charge in [-0.25, -0.2) is 4.79 Å². The Morgan fingerprint density at radius 2 is 1.68 bits per heavy atom. The molecule has 0 spiro atoms. The molecule has 0 bridgehead atoms. The van der Waals surface area contributed by atoms with E-state index < -0.39 is 47.7 Å². The zero-order chi connectivity index (χ0) is 30.3. The minimum atomic E-state index is -1.21. The second kappa shape index (κ2) is 17.6. The quantitative estimate of drug-likeness (QED) is 0.186. The van der Waals surface area contributed by atoms with Gasteiger partial charge in [-0.15, -0.1) is 0 Å². The van der Waals surface area contributed by atoms with Crippen molar-refractivity contribution in [3.05, 3.63) is 35.9 Å².